The number of halogens is 1. The zero-order valence-corrected chi connectivity index (χ0v) is 13.4. The van der Waals surface area contributed by atoms with Gasteiger partial charge in [-0.1, -0.05) is 34.1 Å². The molecule has 2 nitrogen and oxygen atoms in total. The van der Waals surface area contributed by atoms with Crippen molar-refractivity contribution in [3.05, 3.63) is 64.6 Å². The van der Waals surface area contributed by atoms with Gasteiger partial charge in [-0.2, -0.15) is 0 Å². The highest BCUT2D eigenvalue weighted by Gasteiger charge is 1.99. The molecule has 0 aromatic heterocycles. The van der Waals surface area contributed by atoms with Gasteiger partial charge in [-0.25, -0.2) is 0 Å². The predicted molar refractivity (Wildman–Crippen MR) is 90.0 cm³/mol. The molecule has 0 radical (unpaired) electrons. The molecule has 0 fully saturated rings. The highest BCUT2D eigenvalue weighted by molar-refractivity contribution is 9.10. The summed E-state index contributed by atoms with van der Waals surface area (Å²) in [6.45, 7) is 0. The molecule has 0 atom stereocenters. The van der Waals surface area contributed by atoms with Crippen molar-refractivity contribution in [2.45, 2.75) is 4.90 Å². The first-order chi connectivity index (χ1) is 9.67. The monoisotopic (exact) mass is 347 g/mol. The maximum Gasteiger partial charge on any atom is 0.248 e. The van der Waals surface area contributed by atoms with E-state index in [9.17, 15) is 4.79 Å². The van der Waals surface area contributed by atoms with Crippen molar-refractivity contribution in [1.29, 1.82) is 0 Å². The number of anilines is 1. The van der Waals surface area contributed by atoms with Gasteiger partial charge in [0.1, 0.15) is 0 Å². The third-order valence-electron chi connectivity index (χ3n) is 2.61. The summed E-state index contributed by atoms with van der Waals surface area (Å²) >= 11 is 5.05. The number of nitrogens with one attached hydrogen (secondary N) is 1. The van der Waals surface area contributed by atoms with E-state index in [1.807, 2.05) is 54.8 Å². The molecule has 0 aliphatic rings. The molecule has 2 aromatic rings. The maximum atomic E-state index is 11.9. The summed E-state index contributed by atoms with van der Waals surface area (Å²) in [5.74, 6) is -0.136. The van der Waals surface area contributed by atoms with Crippen LogP contribution in [0.5, 0.6) is 0 Å². The molecule has 2 rings (SSSR count). The van der Waals surface area contributed by atoms with Crippen LogP contribution in [0.25, 0.3) is 6.08 Å². The molecule has 2 aromatic carbocycles. The summed E-state index contributed by atoms with van der Waals surface area (Å²) in [5.41, 5.74) is 1.79. The Morgan fingerprint density at radius 2 is 2.00 bits per heavy atom. The van der Waals surface area contributed by atoms with E-state index in [4.69, 9.17) is 0 Å². The summed E-state index contributed by atoms with van der Waals surface area (Å²) in [7, 11) is 0. The number of rotatable bonds is 4. The van der Waals surface area contributed by atoms with Crippen LogP contribution in [0.3, 0.4) is 0 Å². The molecule has 4 heteroatoms. The van der Waals surface area contributed by atoms with Gasteiger partial charge in [-0.3, -0.25) is 4.79 Å². The van der Waals surface area contributed by atoms with E-state index < -0.39 is 0 Å². The first-order valence-electron chi connectivity index (χ1n) is 6.06. The Hall–Kier alpha value is -1.52. The van der Waals surface area contributed by atoms with E-state index in [2.05, 4.69) is 21.2 Å². The van der Waals surface area contributed by atoms with E-state index in [0.717, 1.165) is 20.6 Å². The van der Waals surface area contributed by atoms with Crippen molar-refractivity contribution in [2.24, 2.45) is 0 Å². The van der Waals surface area contributed by atoms with Crippen LogP contribution in [0.2, 0.25) is 0 Å². The molecule has 1 N–H and O–H groups in total. The molecular formula is C16H14BrNOS. The van der Waals surface area contributed by atoms with E-state index in [1.165, 1.54) is 6.08 Å². The van der Waals surface area contributed by atoms with Crippen LogP contribution >= 0.6 is 27.7 Å². The lowest BCUT2D eigenvalue weighted by Crippen LogP contribution is -2.07. The lowest BCUT2D eigenvalue weighted by molar-refractivity contribution is -0.111. The van der Waals surface area contributed by atoms with Gasteiger partial charge < -0.3 is 5.32 Å². The normalized spacial score (nSPS) is 10.7. The Labute approximate surface area is 131 Å². The number of thioether (sulfide) groups is 1. The number of hydrogen-bond donors (Lipinski definition) is 1. The SMILES string of the molecule is CSc1cccc(NC(=O)/C=C/c2cccc(Br)c2)c1. The van der Waals surface area contributed by atoms with Gasteiger partial charge in [0, 0.05) is 21.1 Å². The van der Waals surface area contributed by atoms with Crippen LogP contribution in [0.4, 0.5) is 5.69 Å². The van der Waals surface area contributed by atoms with Gasteiger partial charge in [0.15, 0.2) is 0 Å². The minimum Gasteiger partial charge on any atom is -0.322 e. The van der Waals surface area contributed by atoms with Crippen LogP contribution in [0, 0.1) is 0 Å². The highest BCUT2D eigenvalue weighted by atomic mass is 79.9. The number of hydrogen-bond acceptors (Lipinski definition) is 2. The zero-order valence-electron chi connectivity index (χ0n) is 11.0. The minimum atomic E-state index is -0.136. The Bertz CT molecular complexity index is 640. The average molecular weight is 348 g/mol. The second-order valence-electron chi connectivity index (χ2n) is 4.11. The van der Waals surface area contributed by atoms with Crippen molar-refractivity contribution in [1.82, 2.24) is 0 Å². The molecule has 102 valence electrons. The second-order valence-corrected chi connectivity index (χ2v) is 5.90. The molecule has 20 heavy (non-hydrogen) atoms. The summed E-state index contributed by atoms with van der Waals surface area (Å²) in [6.07, 6.45) is 5.33. The van der Waals surface area contributed by atoms with Gasteiger partial charge in [0.05, 0.1) is 0 Å². The van der Waals surface area contributed by atoms with Crippen molar-refractivity contribution < 1.29 is 4.79 Å². The number of carbonyl (C=O) groups is 1. The lowest BCUT2D eigenvalue weighted by Gasteiger charge is -2.03. The quantitative estimate of drug-likeness (QED) is 0.634. The highest BCUT2D eigenvalue weighted by Crippen LogP contribution is 2.19. The van der Waals surface area contributed by atoms with Crippen LogP contribution < -0.4 is 5.32 Å². The molecule has 0 spiro atoms. The first kappa shape index (κ1) is 14.9. The Morgan fingerprint density at radius 1 is 1.20 bits per heavy atom. The molecule has 0 aliphatic carbocycles. The summed E-state index contributed by atoms with van der Waals surface area (Å²) in [5, 5.41) is 2.85. The van der Waals surface area contributed by atoms with E-state index in [-0.39, 0.29) is 5.91 Å². The first-order valence-corrected chi connectivity index (χ1v) is 8.08. The smallest absolute Gasteiger partial charge is 0.248 e. The fourth-order valence-electron chi connectivity index (χ4n) is 1.67. The summed E-state index contributed by atoms with van der Waals surface area (Å²) < 4.78 is 0.993. The second kappa shape index (κ2) is 7.31. The lowest BCUT2D eigenvalue weighted by atomic mass is 10.2. The van der Waals surface area contributed by atoms with Crippen LogP contribution in [-0.2, 0) is 4.79 Å². The predicted octanol–water partition coefficient (Wildman–Crippen LogP) is 4.82. The van der Waals surface area contributed by atoms with Gasteiger partial charge in [-0.15, -0.1) is 11.8 Å². The average Bonchev–Trinajstić information content (AvgIpc) is 2.45. The zero-order chi connectivity index (χ0) is 14.4. The van der Waals surface area contributed by atoms with E-state index >= 15 is 0 Å². The summed E-state index contributed by atoms with van der Waals surface area (Å²) in [6, 6.07) is 15.6. The minimum absolute atomic E-state index is 0.136. The van der Waals surface area contributed by atoms with Gasteiger partial charge in [0.25, 0.3) is 0 Å². The van der Waals surface area contributed by atoms with Crippen molar-refractivity contribution in [3.8, 4) is 0 Å². The summed E-state index contributed by atoms with van der Waals surface area (Å²) in [4.78, 5) is 13.0. The largest absolute Gasteiger partial charge is 0.322 e. The standard InChI is InChI=1S/C16H14BrNOS/c1-20-15-7-3-6-14(11-15)18-16(19)9-8-12-4-2-5-13(17)10-12/h2-11H,1H3,(H,18,19)/b9-8+. The molecule has 0 aliphatic heterocycles. The third-order valence-corrected chi connectivity index (χ3v) is 3.83. The van der Waals surface area contributed by atoms with Gasteiger partial charge in [-0.05, 0) is 48.2 Å². The van der Waals surface area contributed by atoms with Gasteiger partial charge >= 0.3 is 0 Å². The van der Waals surface area contributed by atoms with Crippen LogP contribution in [0.1, 0.15) is 5.56 Å². The molecule has 0 saturated heterocycles. The van der Waals surface area contributed by atoms with Crippen LogP contribution in [0.15, 0.2) is 64.0 Å². The Kier molecular flexibility index (Phi) is 5.44. The van der Waals surface area contributed by atoms with Gasteiger partial charge in [0.2, 0.25) is 5.91 Å². The van der Waals surface area contributed by atoms with E-state index in [0.29, 0.717) is 0 Å². The number of benzene rings is 2. The molecular weight excluding hydrogens is 334 g/mol. The van der Waals surface area contributed by atoms with Crippen molar-refractivity contribution >= 4 is 45.4 Å². The van der Waals surface area contributed by atoms with Crippen molar-refractivity contribution in [3.63, 3.8) is 0 Å². The van der Waals surface area contributed by atoms with E-state index in [1.54, 1.807) is 17.8 Å². The van der Waals surface area contributed by atoms with Crippen molar-refractivity contribution in [2.75, 3.05) is 11.6 Å². The molecule has 0 heterocycles. The molecule has 0 unspecified atom stereocenters. The fourth-order valence-corrected chi connectivity index (χ4v) is 2.54. The molecule has 1 amide bonds. The Morgan fingerprint density at radius 3 is 2.75 bits per heavy atom. The maximum absolute atomic E-state index is 11.9. The van der Waals surface area contributed by atoms with Crippen LogP contribution in [-0.4, -0.2) is 12.2 Å². The Balaban J connectivity index is 2.01. The number of carbonyl (C=O) groups excluding carboxylic acids is 1. The molecule has 0 bridgehead atoms. The number of amides is 1. The third kappa shape index (κ3) is 4.54. The topological polar surface area (TPSA) is 29.1 Å². The fraction of sp³-hybridized carbons (Fsp3) is 0.0625. The molecule has 0 saturated carbocycles.